The first kappa shape index (κ1) is 10.3. The summed E-state index contributed by atoms with van der Waals surface area (Å²) in [5.41, 5.74) is 1.53. The van der Waals surface area contributed by atoms with Crippen LogP contribution in [-0.4, -0.2) is 29.8 Å². The maximum Gasteiger partial charge on any atom is 0.175 e. The second kappa shape index (κ2) is 3.94. The molecule has 1 aromatic heterocycles. The summed E-state index contributed by atoms with van der Waals surface area (Å²) in [5, 5.41) is 0.555. The van der Waals surface area contributed by atoms with Crippen LogP contribution in [0.4, 0.5) is 0 Å². The topological polar surface area (TPSA) is 36.1 Å². The minimum absolute atomic E-state index is 0.00639. The molecule has 0 bridgehead atoms. The highest BCUT2D eigenvalue weighted by Crippen LogP contribution is 2.17. The summed E-state index contributed by atoms with van der Waals surface area (Å²) < 4.78 is 0. The summed E-state index contributed by atoms with van der Waals surface area (Å²) in [5.74, 6) is 0.00639. The van der Waals surface area contributed by atoms with E-state index >= 15 is 0 Å². The molecule has 4 heteroatoms. The Labute approximate surface area is 82.7 Å². The molecule has 0 aliphatic carbocycles. The number of halogens is 1. The molecule has 1 heterocycles. The second-order valence-electron chi connectivity index (χ2n) is 3.32. The quantitative estimate of drug-likeness (QED) is 0.757. The number of H-pyrrole nitrogens is 1. The first-order chi connectivity index (χ1) is 6.00. The van der Waals surface area contributed by atoms with Crippen molar-refractivity contribution in [1.82, 2.24) is 9.88 Å². The minimum atomic E-state index is 0.00639. The number of ketones is 1. The summed E-state index contributed by atoms with van der Waals surface area (Å²) in [6.45, 7) is 2.25. The number of nitrogens with zero attached hydrogens (tertiary/aromatic N) is 1. The fourth-order valence-electron chi connectivity index (χ4n) is 1.12. The molecule has 0 unspecified atom stereocenters. The lowest BCUT2D eigenvalue weighted by molar-refractivity contribution is 0.101. The molecule has 1 N–H and O–H groups in total. The zero-order valence-electron chi connectivity index (χ0n) is 8.02. The van der Waals surface area contributed by atoms with Crippen LogP contribution in [-0.2, 0) is 6.54 Å². The number of carbonyl (C=O) groups is 1. The van der Waals surface area contributed by atoms with Gasteiger partial charge in [-0.2, -0.15) is 0 Å². The van der Waals surface area contributed by atoms with E-state index < -0.39 is 0 Å². The Morgan fingerprint density at radius 2 is 2.23 bits per heavy atom. The van der Waals surface area contributed by atoms with Crippen molar-refractivity contribution in [3.63, 3.8) is 0 Å². The van der Waals surface area contributed by atoms with Gasteiger partial charge in [0.2, 0.25) is 0 Å². The summed E-state index contributed by atoms with van der Waals surface area (Å²) in [4.78, 5) is 15.8. The number of hydrogen-bond donors (Lipinski definition) is 1. The van der Waals surface area contributed by atoms with Crippen molar-refractivity contribution in [2.75, 3.05) is 14.1 Å². The van der Waals surface area contributed by atoms with Crippen molar-refractivity contribution in [2.45, 2.75) is 13.5 Å². The monoisotopic (exact) mass is 200 g/mol. The average Bonchev–Trinajstić information content (AvgIpc) is 2.31. The molecule has 0 aromatic carbocycles. The van der Waals surface area contributed by atoms with Gasteiger partial charge in [0.05, 0.1) is 5.69 Å². The van der Waals surface area contributed by atoms with Crippen LogP contribution in [0.25, 0.3) is 0 Å². The van der Waals surface area contributed by atoms with E-state index in [1.54, 1.807) is 6.07 Å². The Bertz CT molecular complexity index is 317. The van der Waals surface area contributed by atoms with Gasteiger partial charge < -0.3 is 9.88 Å². The highest BCUT2D eigenvalue weighted by molar-refractivity contribution is 6.30. The zero-order chi connectivity index (χ0) is 10.0. The van der Waals surface area contributed by atoms with Crippen LogP contribution in [0.2, 0.25) is 5.15 Å². The second-order valence-corrected chi connectivity index (χ2v) is 3.69. The number of nitrogens with one attached hydrogen (secondary N) is 1. The average molecular weight is 201 g/mol. The lowest BCUT2D eigenvalue weighted by Gasteiger charge is -2.07. The molecule has 1 rings (SSSR count). The maximum absolute atomic E-state index is 11.0. The Morgan fingerprint density at radius 3 is 2.62 bits per heavy atom. The third kappa shape index (κ3) is 2.57. The molecule has 72 valence electrons. The van der Waals surface area contributed by atoms with E-state index in [4.69, 9.17) is 11.6 Å². The molecule has 0 aliphatic heterocycles. The molecule has 0 aliphatic rings. The standard InChI is InChI=1S/C9H13ClN2O/c1-6(13)8-4-7(5-12(2)3)9(10)11-8/h4,11H,5H2,1-3H3. The molecule has 0 amide bonds. The Balaban J connectivity index is 2.90. The number of aromatic amines is 1. The van der Waals surface area contributed by atoms with Gasteiger partial charge in [-0.1, -0.05) is 11.6 Å². The fourth-order valence-corrected chi connectivity index (χ4v) is 1.33. The van der Waals surface area contributed by atoms with Crippen molar-refractivity contribution in [3.05, 3.63) is 22.5 Å². The van der Waals surface area contributed by atoms with Crippen molar-refractivity contribution in [3.8, 4) is 0 Å². The van der Waals surface area contributed by atoms with Crippen molar-refractivity contribution >= 4 is 17.4 Å². The molecule has 0 atom stereocenters. The predicted octanol–water partition coefficient (Wildman–Crippen LogP) is 1.93. The molecule has 0 saturated carbocycles. The first-order valence-corrected chi connectivity index (χ1v) is 4.41. The van der Waals surface area contributed by atoms with Crippen molar-refractivity contribution < 1.29 is 4.79 Å². The number of Topliss-reactive ketones (excluding diaryl/α,β-unsaturated/α-hetero) is 1. The number of carbonyl (C=O) groups excluding carboxylic acids is 1. The van der Waals surface area contributed by atoms with Gasteiger partial charge in [-0.3, -0.25) is 4.79 Å². The highest BCUT2D eigenvalue weighted by atomic mass is 35.5. The minimum Gasteiger partial charge on any atom is -0.343 e. The molecule has 3 nitrogen and oxygen atoms in total. The van der Waals surface area contributed by atoms with E-state index in [9.17, 15) is 4.79 Å². The normalized spacial score (nSPS) is 10.8. The van der Waals surface area contributed by atoms with Crippen molar-refractivity contribution in [1.29, 1.82) is 0 Å². The Hall–Kier alpha value is -0.800. The van der Waals surface area contributed by atoms with Crippen LogP contribution in [0.5, 0.6) is 0 Å². The van der Waals surface area contributed by atoms with E-state index in [0.29, 0.717) is 10.8 Å². The van der Waals surface area contributed by atoms with E-state index in [1.165, 1.54) is 6.92 Å². The summed E-state index contributed by atoms with van der Waals surface area (Å²) in [6.07, 6.45) is 0. The van der Waals surface area contributed by atoms with Gasteiger partial charge in [-0.25, -0.2) is 0 Å². The van der Waals surface area contributed by atoms with Crippen LogP contribution in [0.3, 0.4) is 0 Å². The van der Waals surface area contributed by atoms with Gasteiger partial charge >= 0.3 is 0 Å². The van der Waals surface area contributed by atoms with Crippen LogP contribution in [0.1, 0.15) is 23.0 Å². The number of aromatic nitrogens is 1. The van der Waals surface area contributed by atoms with Gasteiger partial charge in [-0.15, -0.1) is 0 Å². The maximum atomic E-state index is 11.0. The molecule has 0 fully saturated rings. The number of rotatable bonds is 3. The van der Waals surface area contributed by atoms with E-state index in [1.807, 2.05) is 19.0 Å². The third-order valence-corrected chi connectivity index (χ3v) is 2.05. The van der Waals surface area contributed by atoms with E-state index in [-0.39, 0.29) is 5.78 Å². The lowest BCUT2D eigenvalue weighted by Crippen LogP contribution is -2.10. The lowest BCUT2D eigenvalue weighted by atomic mass is 10.2. The first-order valence-electron chi connectivity index (χ1n) is 4.03. The third-order valence-electron chi connectivity index (χ3n) is 1.71. The Kier molecular flexibility index (Phi) is 3.12. The molecule has 1 aromatic rings. The summed E-state index contributed by atoms with van der Waals surface area (Å²) in [6, 6.07) is 1.80. The SMILES string of the molecule is CC(=O)c1cc(CN(C)C)c(Cl)[nH]1. The van der Waals surface area contributed by atoms with Crippen LogP contribution in [0, 0.1) is 0 Å². The zero-order valence-corrected chi connectivity index (χ0v) is 8.77. The molecular formula is C9H13ClN2O. The molecular weight excluding hydrogens is 188 g/mol. The predicted molar refractivity (Wildman–Crippen MR) is 53.2 cm³/mol. The van der Waals surface area contributed by atoms with Gasteiger partial charge in [0.1, 0.15) is 5.15 Å². The van der Waals surface area contributed by atoms with Gasteiger partial charge in [0, 0.05) is 19.0 Å². The molecule has 13 heavy (non-hydrogen) atoms. The van der Waals surface area contributed by atoms with Gasteiger partial charge in [0.25, 0.3) is 0 Å². The molecule has 0 radical (unpaired) electrons. The van der Waals surface area contributed by atoms with Crippen LogP contribution < -0.4 is 0 Å². The summed E-state index contributed by atoms with van der Waals surface area (Å²) in [7, 11) is 3.91. The van der Waals surface area contributed by atoms with Crippen LogP contribution in [0.15, 0.2) is 6.07 Å². The number of hydrogen-bond acceptors (Lipinski definition) is 2. The molecule has 0 spiro atoms. The van der Waals surface area contributed by atoms with Gasteiger partial charge in [-0.05, 0) is 20.2 Å². The highest BCUT2D eigenvalue weighted by Gasteiger charge is 2.09. The van der Waals surface area contributed by atoms with Crippen LogP contribution >= 0.6 is 11.6 Å². The fraction of sp³-hybridized carbons (Fsp3) is 0.444. The largest absolute Gasteiger partial charge is 0.343 e. The Morgan fingerprint density at radius 1 is 1.62 bits per heavy atom. The molecule has 0 saturated heterocycles. The summed E-state index contributed by atoms with van der Waals surface area (Å²) >= 11 is 5.90. The van der Waals surface area contributed by atoms with E-state index in [2.05, 4.69) is 4.98 Å². The van der Waals surface area contributed by atoms with Crippen molar-refractivity contribution in [2.24, 2.45) is 0 Å². The van der Waals surface area contributed by atoms with Gasteiger partial charge in [0.15, 0.2) is 5.78 Å². The van der Waals surface area contributed by atoms with E-state index in [0.717, 1.165) is 12.1 Å². The smallest absolute Gasteiger partial charge is 0.175 e.